The molecule has 2 N–H and O–H groups in total. The second-order valence-electron chi connectivity index (χ2n) is 4.05. The zero-order chi connectivity index (χ0) is 14.0. The van der Waals surface area contributed by atoms with Crippen LogP contribution in [0, 0.1) is 18.6 Å². The molecule has 0 aliphatic carbocycles. The molecule has 19 heavy (non-hydrogen) atoms. The molecule has 6 heteroatoms. The summed E-state index contributed by atoms with van der Waals surface area (Å²) in [6, 6.07) is 1.31. The molecule has 1 aromatic carbocycles. The Kier molecular flexibility index (Phi) is 3.71. The highest BCUT2D eigenvalue weighted by molar-refractivity contribution is 5.35. The van der Waals surface area contributed by atoms with Gasteiger partial charge in [-0.3, -0.25) is 4.98 Å². The van der Waals surface area contributed by atoms with Crippen molar-refractivity contribution < 1.29 is 13.5 Å². The van der Waals surface area contributed by atoms with Crippen LogP contribution in [-0.4, -0.2) is 17.1 Å². The Hall–Kier alpha value is -2.08. The molecule has 1 unspecified atom stereocenters. The van der Waals surface area contributed by atoms with Gasteiger partial charge in [-0.15, -0.1) is 0 Å². The van der Waals surface area contributed by atoms with Gasteiger partial charge in [-0.25, -0.2) is 13.8 Å². The number of nitrogens with two attached hydrogens (primary N) is 1. The number of hydrogen-bond acceptors (Lipinski definition) is 4. The van der Waals surface area contributed by atoms with E-state index >= 15 is 0 Å². The summed E-state index contributed by atoms with van der Waals surface area (Å²) in [5, 5.41) is 0. The summed E-state index contributed by atoms with van der Waals surface area (Å²) in [5.41, 5.74) is 6.73. The Labute approximate surface area is 109 Å². The Morgan fingerprint density at radius 1 is 1.16 bits per heavy atom. The normalized spacial score (nSPS) is 12.3. The van der Waals surface area contributed by atoms with E-state index in [1.807, 2.05) is 0 Å². The molecule has 4 nitrogen and oxygen atoms in total. The number of methoxy groups -OCH3 is 1. The number of benzene rings is 1. The molecular weight excluding hydrogens is 252 g/mol. The lowest BCUT2D eigenvalue weighted by atomic mass is 10.0. The molecule has 1 heterocycles. The minimum absolute atomic E-state index is 0.151. The van der Waals surface area contributed by atoms with Crippen LogP contribution in [0.15, 0.2) is 24.5 Å². The molecule has 100 valence electrons. The largest absolute Gasteiger partial charge is 0.480 e. The minimum atomic E-state index is -0.872. The highest BCUT2D eigenvalue weighted by Crippen LogP contribution is 2.27. The van der Waals surface area contributed by atoms with Crippen LogP contribution >= 0.6 is 0 Å². The van der Waals surface area contributed by atoms with E-state index in [1.165, 1.54) is 25.6 Å². The molecule has 0 aliphatic heterocycles. The number of hydrogen-bond donors (Lipinski definition) is 1. The van der Waals surface area contributed by atoms with E-state index < -0.39 is 17.7 Å². The Balaban J connectivity index is 2.50. The molecule has 0 amide bonds. The van der Waals surface area contributed by atoms with E-state index in [2.05, 4.69) is 9.97 Å². The zero-order valence-electron chi connectivity index (χ0n) is 10.5. The monoisotopic (exact) mass is 265 g/mol. The van der Waals surface area contributed by atoms with Crippen molar-refractivity contribution in [1.29, 1.82) is 0 Å². The maximum atomic E-state index is 13.8. The fraction of sp³-hybridized carbons (Fsp3) is 0.231. The van der Waals surface area contributed by atoms with Gasteiger partial charge in [0.05, 0.1) is 13.2 Å². The zero-order valence-corrected chi connectivity index (χ0v) is 10.5. The lowest BCUT2D eigenvalue weighted by molar-refractivity contribution is 0.386. The molecule has 0 bridgehead atoms. The van der Waals surface area contributed by atoms with Crippen LogP contribution < -0.4 is 10.5 Å². The highest BCUT2D eigenvalue weighted by atomic mass is 19.1. The fourth-order valence-corrected chi connectivity index (χ4v) is 1.77. The summed E-state index contributed by atoms with van der Waals surface area (Å²) in [5.74, 6) is -1.11. The molecule has 1 aromatic heterocycles. The van der Waals surface area contributed by atoms with Crippen LogP contribution in [-0.2, 0) is 0 Å². The van der Waals surface area contributed by atoms with E-state index in [1.54, 1.807) is 6.92 Å². The summed E-state index contributed by atoms with van der Waals surface area (Å²) >= 11 is 0. The minimum Gasteiger partial charge on any atom is -0.480 e. The molecule has 2 aromatic rings. The van der Waals surface area contributed by atoms with Crippen molar-refractivity contribution in [2.75, 3.05) is 7.11 Å². The predicted molar refractivity (Wildman–Crippen MR) is 65.7 cm³/mol. The van der Waals surface area contributed by atoms with Gasteiger partial charge in [0.25, 0.3) is 0 Å². The number of aryl methyl sites for hydroxylation is 1. The van der Waals surface area contributed by atoms with E-state index in [0.29, 0.717) is 11.3 Å². The molecule has 0 radical (unpaired) electrons. The standard InChI is InChI=1S/C13H13F2N3O/c1-7-5-8(10(15)6-9(7)14)11(16)12-13(19-2)18-4-3-17-12/h3-6,11H,16H2,1-2H3. The van der Waals surface area contributed by atoms with Crippen molar-refractivity contribution in [2.24, 2.45) is 5.73 Å². The van der Waals surface area contributed by atoms with Gasteiger partial charge in [0.1, 0.15) is 17.3 Å². The molecular formula is C13H13F2N3O. The molecule has 2 rings (SSSR count). The Morgan fingerprint density at radius 2 is 1.84 bits per heavy atom. The second-order valence-corrected chi connectivity index (χ2v) is 4.05. The van der Waals surface area contributed by atoms with E-state index in [-0.39, 0.29) is 11.4 Å². The van der Waals surface area contributed by atoms with Crippen molar-refractivity contribution in [1.82, 2.24) is 9.97 Å². The number of ether oxygens (including phenoxy) is 1. The lowest BCUT2D eigenvalue weighted by Crippen LogP contribution is -2.17. The first-order chi connectivity index (χ1) is 9.04. The quantitative estimate of drug-likeness (QED) is 0.923. The van der Waals surface area contributed by atoms with Crippen LogP contribution in [0.1, 0.15) is 22.9 Å². The third-order valence-corrected chi connectivity index (χ3v) is 2.79. The van der Waals surface area contributed by atoms with E-state index in [4.69, 9.17) is 10.5 Å². The van der Waals surface area contributed by atoms with Crippen molar-refractivity contribution in [3.63, 3.8) is 0 Å². The molecule has 0 saturated heterocycles. The lowest BCUT2D eigenvalue weighted by Gasteiger charge is -2.15. The Morgan fingerprint density at radius 3 is 2.53 bits per heavy atom. The van der Waals surface area contributed by atoms with E-state index in [9.17, 15) is 8.78 Å². The maximum Gasteiger partial charge on any atom is 0.237 e. The van der Waals surface area contributed by atoms with Crippen LogP contribution in [0.3, 0.4) is 0 Å². The second kappa shape index (κ2) is 5.27. The van der Waals surface area contributed by atoms with E-state index in [0.717, 1.165) is 6.07 Å². The van der Waals surface area contributed by atoms with Crippen LogP contribution in [0.25, 0.3) is 0 Å². The summed E-state index contributed by atoms with van der Waals surface area (Å²) in [6.45, 7) is 1.54. The van der Waals surface area contributed by atoms with Gasteiger partial charge in [0.15, 0.2) is 0 Å². The summed E-state index contributed by atoms with van der Waals surface area (Å²) in [4.78, 5) is 8.00. The smallest absolute Gasteiger partial charge is 0.237 e. The maximum absolute atomic E-state index is 13.8. The predicted octanol–water partition coefficient (Wildman–Crippen LogP) is 2.12. The topological polar surface area (TPSA) is 61.0 Å². The van der Waals surface area contributed by atoms with Crippen LogP contribution in [0.4, 0.5) is 8.78 Å². The first-order valence-electron chi connectivity index (χ1n) is 5.60. The molecule has 1 atom stereocenters. The summed E-state index contributed by atoms with van der Waals surface area (Å²) in [7, 11) is 1.42. The van der Waals surface area contributed by atoms with Gasteiger partial charge in [-0.05, 0) is 18.6 Å². The molecule has 0 aliphatic rings. The van der Waals surface area contributed by atoms with Gasteiger partial charge in [-0.2, -0.15) is 0 Å². The summed E-state index contributed by atoms with van der Waals surface area (Å²) < 4.78 is 32.1. The Bertz CT molecular complexity index is 604. The summed E-state index contributed by atoms with van der Waals surface area (Å²) in [6.07, 6.45) is 2.88. The van der Waals surface area contributed by atoms with Gasteiger partial charge >= 0.3 is 0 Å². The number of aromatic nitrogens is 2. The van der Waals surface area contributed by atoms with Crippen LogP contribution in [0.5, 0.6) is 5.88 Å². The van der Waals surface area contributed by atoms with Crippen LogP contribution in [0.2, 0.25) is 0 Å². The van der Waals surface area contributed by atoms with Gasteiger partial charge < -0.3 is 10.5 Å². The first-order valence-corrected chi connectivity index (χ1v) is 5.60. The van der Waals surface area contributed by atoms with Gasteiger partial charge in [0.2, 0.25) is 5.88 Å². The van der Waals surface area contributed by atoms with Crippen molar-refractivity contribution in [3.05, 3.63) is 53.0 Å². The fourth-order valence-electron chi connectivity index (χ4n) is 1.77. The third-order valence-electron chi connectivity index (χ3n) is 2.79. The average molecular weight is 265 g/mol. The van der Waals surface area contributed by atoms with Crippen molar-refractivity contribution >= 4 is 0 Å². The molecule has 0 fully saturated rings. The SMILES string of the molecule is COc1nccnc1C(N)c1cc(C)c(F)cc1F. The van der Waals surface area contributed by atoms with Gasteiger partial charge in [0, 0.05) is 24.0 Å². The van der Waals surface area contributed by atoms with Crippen molar-refractivity contribution in [2.45, 2.75) is 13.0 Å². The van der Waals surface area contributed by atoms with Crippen molar-refractivity contribution in [3.8, 4) is 5.88 Å². The number of nitrogens with zero attached hydrogens (tertiary/aromatic N) is 2. The third kappa shape index (κ3) is 2.53. The first kappa shape index (κ1) is 13.4. The molecule has 0 saturated carbocycles. The van der Waals surface area contributed by atoms with Gasteiger partial charge in [-0.1, -0.05) is 0 Å². The number of halogens is 2. The average Bonchev–Trinajstić information content (AvgIpc) is 2.42. The highest BCUT2D eigenvalue weighted by Gasteiger charge is 2.21. The molecule has 0 spiro atoms. The number of rotatable bonds is 3.